The number of imide groups is 2. The number of carboxylic acid groups (broad SMARTS) is 1. The summed E-state index contributed by atoms with van der Waals surface area (Å²) in [4.78, 5) is 190. The van der Waals surface area contributed by atoms with E-state index in [0.717, 1.165) is 0 Å². The number of benzene rings is 6. The van der Waals surface area contributed by atoms with E-state index in [1.165, 1.54) is 45.1 Å². The lowest BCUT2D eigenvalue weighted by atomic mass is 10.0. The van der Waals surface area contributed by atoms with Crippen LogP contribution >= 0.6 is 12.4 Å². The Balaban J connectivity index is 0.000000329. The number of ketones is 3. The molecule has 3 aromatic heterocycles. The van der Waals surface area contributed by atoms with Crippen molar-refractivity contribution in [2.24, 2.45) is 10.7 Å². The van der Waals surface area contributed by atoms with Gasteiger partial charge in [-0.25, -0.2) is 52.9 Å². The minimum Gasteiger partial charge on any atom is -0.507 e. The highest BCUT2D eigenvalue weighted by Crippen LogP contribution is 2.48. The Morgan fingerprint density at radius 1 is 0.402 bits per heavy atom. The fourth-order valence-electron chi connectivity index (χ4n) is 11.5. The smallest absolute Gasteiger partial charge is 0.507 e. The van der Waals surface area contributed by atoms with Gasteiger partial charge in [0.2, 0.25) is 6.08 Å². The number of nitrogens with zero attached hydrogens (tertiary/aromatic N) is 3. The first-order valence-corrected chi connectivity index (χ1v) is 40.9. The summed E-state index contributed by atoms with van der Waals surface area (Å²) in [6, 6.07) is 19.6. The Hall–Kier alpha value is -13.9. The Morgan fingerprint density at radius 2 is 0.705 bits per heavy atom. The average molecular weight is 1870 g/mol. The van der Waals surface area contributed by atoms with Gasteiger partial charge in [0.25, 0.3) is 0 Å². The molecule has 0 spiro atoms. The number of amides is 5. The molecule has 0 saturated heterocycles. The lowest BCUT2D eigenvalue weighted by Gasteiger charge is -2.33. The van der Waals surface area contributed by atoms with E-state index >= 15 is 0 Å². The van der Waals surface area contributed by atoms with Crippen molar-refractivity contribution in [3.8, 4) is 34.5 Å². The summed E-state index contributed by atoms with van der Waals surface area (Å²) in [5.74, 6) is -5.41. The average Bonchev–Trinajstić information content (AvgIpc) is 1.56. The first kappa shape index (κ1) is 109. The van der Waals surface area contributed by atoms with E-state index in [-0.39, 0.29) is 110 Å². The van der Waals surface area contributed by atoms with Gasteiger partial charge in [-0.2, -0.15) is 9.80 Å². The molecular weight excluding hydrogens is 1750 g/mol. The molecule has 132 heavy (non-hydrogen) atoms. The lowest BCUT2D eigenvalue weighted by molar-refractivity contribution is -0.162. The SMILES string of the molecule is CC(=O)c1cc2c(O)c3ccccc3c(OC(=O)OC(C)(C)C)c2o1.CC(=O)c1cc2c(OC(=O)CC[C@@H](C(=O)OC(C)(C)C)N(C(=O)OC(C)(C)C)C(=O)OC(C)(C)C)c3ccccc3c(OC(=O)OC(C)(C)C)c2o1.CC(=O)c1cc2c(OC(=O)NC[C@H](N)C(=O)O)c3ccccc3c(O)c2o1.CC(C)(C)OC(=O)[C@H](CN=C=O)N(C(=O)OC(C)(C)C)C(=O)OC(C)(C)C.Cl. The molecule has 9 aromatic rings. The summed E-state index contributed by atoms with van der Waals surface area (Å²) in [7, 11) is 0. The number of aliphatic carboxylic acids is 1. The van der Waals surface area contributed by atoms with E-state index in [4.69, 9.17) is 80.9 Å². The normalized spacial score (nSPS) is 12.4. The first-order chi connectivity index (χ1) is 60.1. The number of rotatable bonds is 19. The molecule has 9 rings (SSSR count). The van der Waals surface area contributed by atoms with Gasteiger partial charge in [-0.05, 0) is 191 Å². The van der Waals surface area contributed by atoms with Crippen LogP contribution in [0, 0.1) is 0 Å². The van der Waals surface area contributed by atoms with Gasteiger partial charge in [-0.3, -0.25) is 24.0 Å². The highest BCUT2D eigenvalue weighted by molar-refractivity contribution is 6.15. The zero-order valence-corrected chi connectivity index (χ0v) is 79.5. The van der Waals surface area contributed by atoms with Crippen LogP contribution < -0.4 is 30.0 Å². The van der Waals surface area contributed by atoms with Crippen molar-refractivity contribution in [2.45, 2.75) is 263 Å². The maximum Gasteiger partial charge on any atom is 0.514 e. The van der Waals surface area contributed by atoms with Crippen LogP contribution in [0.25, 0.3) is 65.2 Å². The van der Waals surface area contributed by atoms with E-state index in [1.807, 2.05) is 0 Å². The molecule has 39 heteroatoms. The molecule has 6 N–H and O–H groups in total. The number of ether oxygens (including phenoxy) is 12. The molecule has 38 nitrogen and oxygen atoms in total. The summed E-state index contributed by atoms with van der Waals surface area (Å²) < 4.78 is 81.7. The van der Waals surface area contributed by atoms with Crippen LogP contribution in [0.1, 0.15) is 231 Å². The van der Waals surface area contributed by atoms with E-state index in [9.17, 15) is 82.1 Å². The summed E-state index contributed by atoms with van der Waals surface area (Å²) >= 11 is 0. The van der Waals surface area contributed by atoms with E-state index in [2.05, 4.69) is 10.3 Å². The third kappa shape index (κ3) is 31.5. The van der Waals surface area contributed by atoms with Crippen LogP contribution in [0.4, 0.5) is 33.6 Å². The number of carbonyl (C=O) groups excluding carboxylic acids is 14. The summed E-state index contributed by atoms with van der Waals surface area (Å²) in [5.41, 5.74) is -2.15. The number of Topliss-reactive ketones (excluding diaryl/α,β-unsaturated/α-hetero) is 3. The zero-order valence-electron chi connectivity index (χ0n) is 78.6. The standard InChI is InChI=1S/C38H49NO13.C19H18O6.C18H16N2O7.C18H30N2O7.ClH/c1-21(40)26-20-24-28(22-16-14-15-17-23(22)29(30(24)46-26)48-34(45)52-38(11,12)13)47-27(41)19-18-25(31(42)49-35(2,3)4)39(32(43)50-36(5,6)7)33(44)51-37(8,9)10;1-10(20)14-9-13-15(21)11-7-5-6-8-12(11)16(17(13)23-14)24-18(22)25-19(2,3)4;1-8(21)13-6-11-15(27-18(25)20-7-12(19)17(23)24)10-5-3-2-4-9(10)14(22)16(11)26-13;1-16(2,3)25-13(22)12(10-19-11-21)20(14(23)26-17(4,5)6)15(24)27-18(7,8)9;/h14-17,20,25H,18-19H2,1-13H3;5-9,21H,1-4H3;2-6,12,22H,7,19H2,1H3,(H,20,25)(H,23,24);12H,10H2,1-9H3;1H/t25-;;2*12-;/m0.00./s1. The Bertz CT molecular complexity index is 5850. The topological polar surface area (TPSA) is 524 Å². The number of phenols is 2. The quantitative estimate of drug-likeness (QED) is 0.00954. The summed E-state index contributed by atoms with van der Waals surface area (Å²) in [5, 5.41) is 35.0. The Morgan fingerprint density at radius 3 is 1.07 bits per heavy atom. The minimum absolute atomic E-state index is 0. The Kier molecular flexibility index (Phi) is 35.6. The molecule has 0 saturated carbocycles. The van der Waals surface area contributed by atoms with Crippen LogP contribution in [-0.2, 0) is 61.9 Å². The third-order valence-corrected chi connectivity index (χ3v) is 16.5. The monoisotopic (exact) mass is 1860 g/mol. The fourth-order valence-corrected chi connectivity index (χ4v) is 11.5. The van der Waals surface area contributed by atoms with Crippen molar-refractivity contribution < 1.29 is 157 Å². The van der Waals surface area contributed by atoms with E-state index < -0.39 is 155 Å². The van der Waals surface area contributed by atoms with Gasteiger partial charge in [0, 0.05) is 66.1 Å². The van der Waals surface area contributed by atoms with Crippen LogP contribution in [0.5, 0.6) is 34.5 Å². The van der Waals surface area contributed by atoms with Gasteiger partial charge in [-0.15, -0.1) is 12.4 Å². The fraction of sp³-hybridized carbons (Fsp3) is 0.452. The number of furan rings is 3. The number of aromatic hydroxyl groups is 2. The molecule has 0 aliphatic rings. The number of phenolic OH excluding ortho intramolecular Hbond substituents is 2. The predicted molar refractivity (Wildman–Crippen MR) is 481 cm³/mol. The van der Waals surface area contributed by atoms with Crippen LogP contribution in [0.2, 0.25) is 0 Å². The largest absolute Gasteiger partial charge is 0.514 e. The maximum absolute atomic E-state index is 13.7. The number of aliphatic imine (C=N–C) groups is 1. The van der Waals surface area contributed by atoms with E-state index in [1.54, 1.807) is 239 Å². The predicted octanol–water partition coefficient (Wildman–Crippen LogP) is 19.1. The van der Waals surface area contributed by atoms with Crippen LogP contribution in [-0.4, -0.2) is 191 Å². The van der Waals surface area contributed by atoms with Crippen LogP contribution in [0.15, 0.2) is 109 Å². The first-order valence-electron chi connectivity index (χ1n) is 40.9. The number of carbonyl (C=O) groups is 14. The number of hydrogen-bond donors (Lipinski definition) is 5. The lowest BCUT2D eigenvalue weighted by Crippen LogP contribution is -2.54. The zero-order chi connectivity index (χ0) is 99.3. The number of fused-ring (bicyclic) bond motifs is 6. The van der Waals surface area contributed by atoms with Crippen molar-refractivity contribution in [1.29, 1.82) is 0 Å². The molecule has 716 valence electrons. The molecule has 5 amide bonds. The number of carboxylic acids is 1. The highest BCUT2D eigenvalue weighted by atomic mass is 35.5. The number of halogens is 1. The second-order valence-corrected chi connectivity index (χ2v) is 37.4. The number of hydrogen-bond acceptors (Lipinski definition) is 34. The molecule has 3 heterocycles. The van der Waals surface area contributed by atoms with Gasteiger partial charge < -0.3 is 96.5 Å². The maximum atomic E-state index is 13.7. The van der Waals surface area contributed by atoms with Gasteiger partial charge in [0.1, 0.15) is 68.4 Å². The molecule has 3 atom stereocenters. The van der Waals surface area contributed by atoms with Crippen molar-refractivity contribution in [2.75, 3.05) is 13.1 Å². The second-order valence-electron chi connectivity index (χ2n) is 37.4. The molecule has 0 aliphatic carbocycles. The Labute approximate surface area is 765 Å². The molecular formula is C93H114ClN5O33. The number of nitrogens with one attached hydrogen (secondary N) is 1. The highest BCUT2D eigenvalue weighted by Gasteiger charge is 2.45. The van der Waals surface area contributed by atoms with E-state index in [0.29, 0.717) is 47.5 Å². The molecule has 0 aliphatic heterocycles. The minimum atomic E-state index is -1.67. The van der Waals surface area contributed by atoms with Gasteiger partial charge in [-0.1, -0.05) is 72.8 Å². The number of isocyanates is 1. The van der Waals surface area contributed by atoms with Gasteiger partial charge >= 0.3 is 66.7 Å². The van der Waals surface area contributed by atoms with Crippen LogP contribution in [0.3, 0.4) is 0 Å². The van der Waals surface area contributed by atoms with Gasteiger partial charge in [0.05, 0.1) is 22.7 Å². The van der Waals surface area contributed by atoms with Gasteiger partial charge in [0.15, 0.2) is 80.4 Å². The second kappa shape index (κ2) is 43.2. The molecule has 0 fully saturated rings. The number of nitrogens with two attached hydrogens (primary N) is 1. The van der Waals surface area contributed by atoms with Crippen molar-refractivity contribution in [3.63, 3.8) is 0 Å². The van der Waals surface area contributed by atoms with Crippen molar-refractivity contribution >= 4 is 168 Å². The number of esters is 3. The molecule has 0 unspecified atom stereocenters. The molecule has 0 bridgehead atoms. The van der Waals surface area contributed by atoms with Crippen molar-refractivity contribution in [3.05, 3.63) is 108 Å². The molecule has 6 aromatic carbocycles. The summed E-state index contributed by atoms with van der Waals surface area (Å²) in [6.07, 6.45) is -7.15. The third-order valence-electron chi connectivity index (χ3n) is 16.5. The summed E-state index contributed by atoms with van der Waals surface area (Å²) in [6.45, 7) is 42.0. The molecule has 0 radical (unpaired) electrons. The van der Waals surface area contributed by atoms with Crippen molar-refractivity contribution in [1.82, 2.24) is 15.1 Å².